The lowest BCUT2D eigenvalue weighted by Crippen LogP contribution is -2.15. The first kappa shape index (κ1) is 8.92. The van der Waals surface area contributed by atoms with Crippen LogP contribution in [0.1, 0.15) is 26.2 Å². The Morgan fingerprint density at radius 3 is 2.56 bits per heavy atom. The number of unbranched alkanes of at least 4 members (excludes halogenated alkanes) is 1. The van der Waals surface area contributed by atoms with Gasteiger partial charge in [0.1, 0.15) is 0 Å². The molecule has 0 unspecified atom stereocenters. The maximum absolute atomic E-state index is 9.93. The highest BCUT2D eigenvalue weighted by atomic mass is 16.2. The molecule has 0 spiro atoms. The van der Waals surface area contributed by atoms with Gasteiger partial charge < -0.3 is 5.32 Å². The van der Waals surface area contributed by atoms with Crippen LogP contribution >= 0.6 is 0 Å². The molecule has 0 amide bonds. The molecule has 0 aromatic heterocycles. The third-order valence-electron chi connectivity index (χ3n) is 1.17. The van der Waals surface area contributed by atoms with E-state index in [2.05, 4.69) is 12.2 Å². The summed E-state index contributed by atoms with van der Waals surface area (Å²) in [6.45, 7) is 4.31. The Morgan fingerprint density at radius 1 is 1.22 bits per heavy atom. The van der Waals surface area contributed by atoms with Gasteiger partial charge in [0, 0.05) is 0 Å². The molecule has 1 N–H and O–H groups in total. The first-order chi connectivity index (χ1) is 4.41. The van der Waals surface area contributed by atoms with Gasteiger partial charge in [-0.2, -0.15) is 0 Å². The highest BCUT2D eigenvalue weighted by Crippen LogP contribution is 1.83. The van der Waals surface area contributed by atoms with E-state index in [-0.39, 0.29) is 6.61 Å². The monoisotopic (exact) mass is 130 g/mol. The van der Waals surface area contributed by atoms with E-state index in [0.29, 0.717) is 0 Å². The minimum absolute atomic E-state index is 0.0772. The van der Waals surface area contributed by atoms with E-state index in [1.165, 1.54) is 6.42 Å². The van der Waals surface area contributed by atoms with Crippen LogP contribution in [-0.2, 0) is 5.11 Å². The molecule has 2 heteroatoms. The van der Waals surface area contributed by atoms with Crippen molar-refractivity contribution >= 4 is 0 Å². The van der Waals surface area contributed by atoms with Crippen LogP contribution in [0.2, 0.25) is 0 Å². The van der Waals surface area contributed by atoms with Gasteiger partial charge >= 0.3 is 0 Å². The third-order valence-corrected chi connectivity index (χ3v) is 1.17. The molecule has 0 aliphatic rings. The quantitative estimate of drug-likeness (QED) is 0.538. The van der Waals surface area contributed by atoms with Crippen molar-refractivity contribution in [1.29, 1.82) is 0 Å². The highest BCUT2D eigenvalue weighted by molar-refractivity contribution is 4.45. The molecule has 0 aliphatic carbocycles. The van der Waals surface area contributed by atoms with Crippen molar-refractivity contribution in [2.24, 2.45) is 0 Å². The van der Waals surface area contributed by atoms with Crippen molar-refractivity contribution in [3.63, 3.8) is 0 Å². The molecule has 0 aliphatic heterocycles. The van der Waals surface area contributed by atoms with Crippen LogP contribution in [0.3, 0.4) is 0 Å². The molecule has 0 aromatic rings. The second kappa shape index (κ2) is 7.92. The summed E-state index contributed by atoms with van der Waals surface area (Å²) in [5.41, 5.74) is 0. The first-order valence-electron chi connectivity index (χ1n) is 3.70. The average molecular weight is 130 g/mol. The number of hydrogen-bond acceptors (Lipinski definition) is 1. The van der Waals surface area contributed by atoms with E-state index in [1.807, 2.05) is 0 Å². The molecule has 0 aromatic carbocycles. The summed E-state index contributed by atoms with van der Waals surface area (Å²) in [7, 11) is 0. The molecule has 0 fully saturated rings. The number of hydrogen-bond donors (Lipinski definition) is 1. The van der Waals surface area contributed by atoms with Crippen LogP contribution in [0.15, 0.2) is 0 Å². The fourth-order valence-electron chi connectivity index (χ4n) is 0.654. The molecular formula is C7H16NO. The van der Waals surface area contributed by atoms with Gasteiger partial charge in [-0.15, -0.1) is 0 Å². The van der Waals surface area contributed by atoms with Crippen LogP contribution in [-0.4, -0.2) is 19.7 Å². The maximum atomic E-state index is 9.93. The Hall–Kier alpha value is -0.0800. The number of rotatable bonds is 6. The lowest BCUT2D eigenvalue weighted by atomic mass is 10.3. The van der Waals surface area contributed by atoms with Crippen molar-refractivity contribution in [3.8, 4) is 0 Å². The Kier molecular flexibility index (Phi) is 7.85. The van der Waals surface area contributed by atoms with E-state index in [4.69, 9.17) is 0 Å². The largest absolute Gasteiger partial charge is 0.317 e. The summed E-state index contributed by atoms with van der Waals surface area (Å²) < 4.78 is 0. The normalized spacial score (nSPS) is 10.0. The Balaban J connectivity index is 2.60. The van der Waals surface area contributed by atoms with Crippen molar-refractivity contribution in [3.05, 3.63) is 0 Å². The molecule has 1 radical (unpaired) electrons. The van der Waals surface area contributed by atoms with Gasteiger partial charge in [0.15, 0.2) is 0 Å². The molecule has 0 bridgehead atoms. The zero-order chi connectivity index (χ0) is 6.95. The molecular weight excluding hydrogens is 114 g/mol. The lowest BCUT2D eigenvalue weighted by Gasteiger charge is -1.98. The lowest BCUT2D eigenvalue weighted by molar-refractivity contribution is 0.186. The average Bonchev–Trinajstić information content (AvgIpc) is 1.89. The molecule has 0 heterocycles. The minimum Gasteiger partial charge on any atom is -0.317 e. The summed E-state index contributed by atoms with van der Waals surface area (Å²) in [6.07, 6.45) is 3.03. The topological polar surface area (TPSA) is 31.9 Å². The molecule has 0 saturated carbocycles. The van der Waals surface area contributed by atoms with Crippen molar-refractivity contribution in [1.82, 2.24) is 5.32 Å². The van der Waals surface area contributed by atoms with Gasteiger partial charge in [-0.05, 0) is 32.4 Å². The fourth-order valence-corrected chi connectivity index (χ4v) is 0.654. The van der Waals surface area contributed by atoms with E-state index in [0.717, 1.165) is 25.9 Å². The fraction of sp³-hybridized carbons (Fsp3) is 1.00. The molecule has 2 nitrogen and oxygen atoms in total. The van der Waals surface area contributed by atoms with Crippen molar-refractivity contribution < 1.29 is 5.11 Å². The summed E-state index contributed by atoms with van der Waals surface area (Å²) in [5.74, 6) is 0. The van der Waals surface area contributed by atoms with Crippen molar-refractivity contribution in [2.45, 2.75) is 26.2 Å². The van der Waals surface area contributed by atoms with Crippen LogP contribution in [0.25, 0.3) is 0 Å². The molecule has 0 rings (SSSR count). The molecule has 55 valence electrons. The second-order valence-corrected chi connectivity index (χ2v) is 2.16. The summed E-state index contributed by atoms with van der Waals surface area (Å²) in [4.78, 5) is 0. The van der Waals surface area contributed by atoms with E-state index < -0.39 is 0 Å². The van der Waals surface area contributed by atoms with E-state index >= 15 is 0 Å². The molecule has 9 heavy (non-hydrogen) atoms. The van der Waals surface area contributed by atoms with Gasteiger partial charge in [-0.25, -0.2) is 5.11 Å². The second-order valence-electron chi connectivity index (χ2n) is 2.16. The zero-order valence-corrected chi connectivity index (χ0v) is 6.15. The van der Waals surface area contributed by atoms with Crippen LogP contribution in [0.5, 0.6) is 0 Å². The standard InChI is InChI=1S/C7H16NO/c1-2-5-8-6-3-4-7-9/h8H,2-7H2,1H3. The van der Waals surface area contributed by atoms with Gasteiger partial charge in [0.25, 0.3) is 0 Å². The highest BCUT2D eigenvalue weighted by Gasteiger charge is 1.85. The zero-order valence-electron chi connectivity index (χ0n) is 6.15. The Morgan fingerprint density at radius 2 is 2.00 bits per heavy atom. The predicted octanol–water partition coefficient (Wildman–Crippen LogP) is 1.20. The van der Waals surface area contributed by atoms with Crippen LogP contribution < -0.4 is 5.32 Å². The Bertz CT molecular complexity index is 42.2. The van der Waals surface area contributed by atoms with Gasteiger partial charge in [0.05, 0.1) is 6.61 Å². The van der Waals surface area contributed by atoms with Crippen LogP contribution in [0, 0.1) is 0 Å². The van der Waals surface area contributed by atoms with E-state index in [9.17, 15) is 5.11 Å². The summed E-state index contributed by atoms with van der Waals surface area (Å²) >= 11 is 0. The van der Waals surface area contributed by atoms with Gasteiger partial charge in [-0.3, -0.25) is 0 Å². The summed E-state index contributed by atoms with van der Waals surface area (Å²) in [5, 5.41) is 13.2. The van der Waals surface area contributed by atoms with Gasteiger partial charge in [-0.1, -0.05) is 6.92 Å². The third kappa shape index (κ3) is 7.92. The molecule has 0 atom stereocenters. The van der Waals surface area contributed by atoms with Crippen molar-refractivity contribution in [2.75, 3.05) is 19.7 Å². The first-order valence-corrected chi connectivity index (χ1v) is 3.70. The number of nitrogens with one attached hydrogen (secondary N) is 1. The van der Waals surface area contributed by atoms with Crippen LogP contribution in [0.4, 0.5) is 0 Å². The minimum atomic E-state index is 0.0772. The molecule has 0 saturated heterocycles. The Labute approximate surface area is 57.3 Å². The summed E-state index contributed by atoms with van der Waals surface area (Å²) in [6, 6.07) is 0. The SMILES string of the molecule is CCCNCCCC[O]. The van der Waals surface area contributed by atoms with Gasteiger partial charge in [0.2, 0.25) is 0 Å². The maximum Gasteiger partial charge on any atom is 0.0822 e. The predicted molar refractivity (Wildman–Crippen MR) is 37.9 cm³/mol. The smallest absolute Gasteiger partial charge is 0.0822 e. The van der Waals surface area contributed by atoms with E-state index in [1.54, 1.807) is 0 Å².